The second-order valence-electron chi connectivity index (χ2n) is 10.4. The van der Waals surface area contributed by atoms with Crippen molar-refractivity contribution in [2.24, 2.45) is 0 Å². The molecule has 5 rings (SSSR count). The highest BCUT2D eigenvalue weighted by Gasteiger charge is 2.40. The Morgan fingerprint density at radius 3 is 2.39 bits per heavy atom. The van der Waals surface area contributed by atoms with Gasteiger partial charge in [-0.1, -0.05) is 57.2 Å². The van der Waals surface area contributed by atoms with Crippen LogP contribution < -0.4 is 10.2 Å². The van der Waals surface area contributed by atoms with Crippen LogP contribution in [0, 0.1) is 0 Å². The fourth-order valence-corrected chi connectivity index (χ4v) is 6.26. The highest BCUT2D eigenvalue weighted by Crippen LogP contribution is 2.39. The monoisotopic (exact) mass is 623 g/mol. The molecule has 1 N–H and O–H groups in total. The molecule has 0 unspecified atom stereocenters. The summed E-state index contributed by atoms with van der Waals surface area (Å²) in [6.45, 7) is 10.1. The van der Waals surface area contributed by atoms with Crippen molar-refractivity contribution in [2.45, 2.75) is 65.8 Å². The van der Waals surface area contributed by atoms with Gasteiger partial charge in [0.25, 0.3) is 5.91 Å². The van der Waals surface area contributed by atoms with E-state index in [0.717, 1.165) is 66.2 Å². The third-order valence-electron chi connectivity index (χ3n) is 7.43. The molecule has 1 amide bonds. The number of aromatic nitrogens is 2. The zero-order chi connectivity index (χ0) is 31.5. The molecule has 2 aromatic heterocycles. The van der Waals surface area contributed by atoms with E-state index >= 15 is 0 Å². The van der Waals surface area contributed by atoms with E-state index in [2.05, 4.69) is 25.1 Å². The van der Waals surface area contributed by atoms with Crippen molar-refractivity contribution in [3.63, 3.8) is 0 Å². The van der Waals surface area contributed by atoms with Crippen LogP contribution in [0.4, 0.5) is 18.9 Å². The number of nitrogens with one attached hydrogen (secondary N) is 1. The second kappa shape index (κ2) is 15.8. The van der Waals surface area contributed by atoms with Crippen molar-refractivity contribution in [1.29, 1.82) is 0 Å². The summed E-state index contributed by atoms with van der Waals surface area (Å²) in [4.78, 5) is 25.3. The first-order chi connectivity index (χ1) is 21.3. The van der Waals surface area contributed by atoms with Gasteiger partial charge in [-0.05, 0) is 66.8 Å². The molecule has 44 heavy (non-hydrogen) atoms. The van der Waals surface area contributed by atoms with Crippen LogP contribution in [0.15, 0.2) is 73.1 Å². The molecule has 0 saturated carbocycles. The maximum atomic E-state index is 14.1. The van der Waals surface area contributed by atoms with Crippen LogP contribution in [0.5, 0.6) is 0 Å². The first kappa shape index (κ1) is 33.1. The van der Waals surface area contributed by atoms with Crippen LogP contribution in [-0.2, 0) is 25.8 Å². The molecule has 1 aliphatic heterocycles. The predicted molar refractivity (Wildman–Crippen MR) is 172 cm³/mol. The largest absolute Gasteiger partial charge is 0.435 e. The van der Waals surface area contributed by atoms with Gasteiger partial charge in [0.05, 0.1) is 0 Å². The Morgan fingerprint density at radius 1 is 0.955 bits per heavy atom. The molecular formula is C34H40F3N5OS. The number of nitrogens with zero attached hydrogens (tertiary/aromatic N) is 4. The molecule has 2 aromatic carbocycles. The van der Waals surface area contributed by atoms with Crippen LogP contribution in [0.2, 0.25) is 0 Å². The Kier molecular flexibility index (Phi) is 11.9. The molecule has 0 bridgehead atoms. The topological polar surface area (TPSA) is 61.4 Å². The summed E-state index contributed by atoms with van der Waals surface area (Å²) in [5.41, 5.74) is 3.29. The highest BCUT2D eigenvalue weighted by molar-refractivity contribution is 7.17. The van der Waals surface area contributed by atoms with Crippen molar-refractivity contribution >= 4 is 22.9 Å². The lowest BCUT2D eigenvalue weighted by Gasteiger charge is -2.29. The van der Waals surface area contributed by atoms with Gasteiger partial charge in [0.15, 0.2) is 5.69 Å². The molecular weight excluding hydrogens is 583 g/mol. The number of thiazole rings is 1. The van der Waals surface area contributed by atoms with Gasteiger partial charge in [-0.25, -0.2) is 4.98 Å². The average molecular weight is 624 g/mol. The van der Waals surface area contributed by atoms with Gasteiger partial charge in [0.1, 0.15) is 9.88 Å². The smallest absolute Gasteiger partial charge is 0.372 e. The normalized spacial score (nSPS) is 13.4. The van der Waals surface area contributed by atoms with Crippen molar-refractivity contribution in [2.75, 3.05) is 24.5 Å². The first-order valence-corrected chi connectivity index (χ1v) is 16.0. The van der Waals surface area contributed by atoms with Crippen LogP contribution in [-0.4, -0.2) is 40.4 Å². The van der Waals surface area contributed by atoms with Gasteiger partial charge in [0, 0.05) is 56.4 Å². The van der Waals surface area contributed by atoms with E-state index in [-0.39, 0.29) is 11.6 Å². The summed E-state index contributed by atoms with van der Waals surface area (Å²) in [7, 11) is 0. The van der Waals surface area contributed by atoms with Gasteiger partial charge >= 0.3 is 6.18 Å². The number of pyridine rings is 1. The average Bonchev–Trinajstić information content (AvgIpc) is 3.52. The molecule has 1 fully saturated rings. The molecule has 0 atom stereocenters. The number of halogens is 3. The lowest BCUT2D eigenvalue weighted by atomic mass is 10.1. The number of piperidine rings is 1. The predicted octanol–water partition coefficient (Wildman–Crippen LogP) is 8.19. The maximum Gasteiger partial charge on any atom is 0.435 e. The highest BCUT2D eigenvalue weighted by atomic mass is 32.1. The second-order valence-corrected chi connectivity index (χ2v) is 11.4. The quantitative estimate of drug-likeness (QED) is 0.193. The lowest BCUT2D eigenvalue weighted by Crippen LogP contribution is -2.29. The number of anilines is 1. The van der Waals surface area contributed by atoms with Crippen molar-refractivity contribution < 1.29 is 18.0 Å². The summed E-state index contributed by atoms with van der Waals surface area (Å²) >= 11 is 0.783. The van der Waals surface area contributed by atoms with Crippen molar-refractivity contribution in [1.82, 2.24) is 20.2 Å². The number of carbonyl (C=O) groups is 1. The van der Waals surface area contributed by atoms with E-state index in [1.54, 1.807) is 24.5 Å². The number of amides is 1. The molecule has 0 aliphatic carbocycles. The zero-order valence-corrected chi connectivity index (χ0v) is 26.3. The third-order valence-corrected chi connectivity index (χ3v) is 8.52. The van der Waals surface area contributed by atoms with Crippen LogP contribution in [0.1, 0.15) is 72.1 Å². The molecule has 234 valence electrons. The fraction of sp³-hybridized carbons (Fsp3) is 0.382. The Bertz CT molecular complexity index is 1490. The van der Waals surface area contributed by atoms with Gasteiger partial charge in [0.2, 0.25) is 0 Å². The van der Waals surface area contributed by atoms with Crippen LogP contribution in [0.25, 0.3) is 10.6 Å². The zero-order valence-electron chi connectivity index (χ0n) is 25.5. The van der Waals surface area contributed by atoms with Crippen molar-refractivity contribution in [3.05, 3.63) is 100 Å². The number of alkyl halides is 3. The Balaban J connectivity index is 0.00000216. The third kappa shape index (κ3) is 8.66. The number of rotatable bonds is 10. The number of benzene rings is 2. The Morgan fingerprint density at radius 2 is 1.68 bits per heavy atom. The van der Waals surface area contributed by atoms with E-state index in [9.17, 15) is 18.0 Å². The maximum absolute atomic E-state index is 14.1. The molecule has 0 radical (unpaired) electrons. The molecule has 1 aliphatic rings. The van der Waals surface area contributed by atoms with Crippen LogP contribution >= 0.6 is 11.3 Å². The van der Waals surface area contributed by atoms with Crippen molar-refractivity contribution in [3.8, 4) is 10.6 Å². The van der Waals surface area contributed by atoms with Gasteiger partial charge in [-0.3, -0.25) is 14.7 Å². The molecule has 10 heteroatoms. The Hall–Kier alpha value is -3.76. The lowest BCUT2D eigenvalue weighted by molar-refractivity contribution is -0.141. The van der Waals surface area contributed by atoms with E-state index in [4.69, 9.17) is 0 Å². The van der Waals surface area contributed by atoms with Gasteiger partial charge in [-0.15, -0.1) is 11.3 Å². The molecule has 6 nitrogen and oxygen atoms in total. The molecule has 4 aromatic rings. The van der Waals surface area contributed by atoms with E-state index < -0.39 is 22.7 Å². The SMILES string of the molecule is CC.CCN(Cc1ccncc1)Cc1ccccc1-c1nc(C(F)(F)F)c(C(=O)NCc2cccc(N3CCCCC3)c2)s1. The minimum Gasteiger partial charge on any atom is -0.372 e. The fourth-order valence-electron chi connectivity index (χ4n) is 5.19. The number of hydrogen-bond donors (Lipinski definition) is 1. The van der Waals surface area contributed by atoms with Crippen LogP contribution in [0.3, 0.4) is 0 Å². The summed E-state index contributed by atoms with van der Waals surface area (Å²) in [5, 5.41) is 2.88. The van der Waals surface area contributed by atoms with Gasteiger partial charge in [-0.2, -0.15) is 13.2 Å². The van der Waals surface area contributed by atoms with E-state index in [1.165, 1.54) is 6.42 Å². The minimum atomic E-state index is -4.76. The minimum absolute atomic E-state index is 0.127. The summed E-state index contributed by atoms with van der Waals surface area (Å²) in [5.74, 6) is -0.778. The van der Waals surface area contributed by atoms with Gasteiger partial charge < -0.3 is 10.2 Å². The Labute approximate surface area is 262 Å². The van der Waals surface area contributed by atoms with E-state index in [0.29, 0.717) is 18.7 Å². The summed E-state index contributed by atoms with van der Waals surface area (Å²) in [6, 6.07) is 19.0. The molecule has 1 saturated heterocycles. The first-order valence-electron chi connectivity index (χ1n) is 15.2. The molecule has 0 spiro atoms. The standard InChI is InChI=1S/C32H34F3N5OS.C2H6/c1-2-39(21-23-13-15-36-16-14-23)22-25-10-4-5-12-27(25)31-38-29(32(33,34)35)28(42-31)30(41)37-20-24-9-8-11-26(19-24)40-17-6-3-7-18-40;1-2/h4-5,8-16,19H,2-3,6-7,17-18,20-22H2,1H3,(H,37,41);1-2H3. The number of hydrogen-bond acceptors (Lipinski definition) is 6. The summed E-state index contributed by atoms with van der Waals surface area (Å²) < 4.78 is 42.3. The summed E-state index contributed by atoms with van der Waals surface area (Å²) in [6.07, 6.45) is 2.21. The number of carbonyl (C=O) groups excluding carboxylic acids is 1. The molecule has 3 heterocycles. The van der Waals surface area contributed by atoms with E-state index in [1.807, 2.05) is 69.3 Å².